The van der Waals surface area contributed by atoms with Crippen LogP contribution < -0.4 is 5.14 Å². The third-order valence-electron chi connectivity index (χ3n) is 2.96. The number of hydrogen-bond donors (Lipinski definition) is 1. The normalized spacial score (nSPS) is 12.2. The van der Waals surface area contributed by atoms with E-state index >= 15 is 0 Å². The van der Waals surface area contributed by atoms with Gasteiger partial charge in [-0.15, -0.1) is 0 Å². The van der Waals surface area contributed by atoms with Crippen molar-refractivity contribution in [1.29, 1.82) is 0 Å². The van der Waals surface area contributed by atoms with Gasteiger partial charge in [0.15, 0.2) is 0 Å². The van der Waals surface area contributed by atoms with Crippen LogP contribution in [0.2, 0.25) is 0 Å². The molecule has 0 amide bonds. The van der Waals surface area contributed by atoms with E-state index < -0.39 is 32.3 Å². The number of hydrogen-bond acceptors (Lipinski definition) is 5. The maximum atomic E-state index is 13.4. The van der Waals surface area contributed by atoms with Gasteiger partial charge >= 0.3 is 5.97 Å². The van der Waals surface area contributed by atoms with Gasteiger partial charge in [0, 0.05) is 13.5 Å². The Hall–Kier alpha value is -1.51. The van der Waals surface area contributed by atoms with Gasteiger partial charge in [-0.05, 0) is 32.0 Å². The molecule has 0 aliphatic rings. The van der Waals surface area contributed by atoms with Crippen molar-refractivity contribution in [2.24, 2.45) is 5.14 Å². The standard InChI is InChI=1S/C13H18FNO5S/c1-13(2,19-3)6-7-20-12(16)9-4-5-10(14)11(8-9)21(15,17)18/h4-5,8H,6-7H2,1-3H3,(H2,15,17,18). The first kappa shape index (κ1) is 17.5. The predicted molar refractivity (Wildman–Crippen MR) is 73.8 cm³/mol. The lowest BCUT2D eigenvalue weighted by Gasteiger charge is -2.22. The van der Waals surface area contributed by atoms with Crippen molar-refractivity contribution in [3.8, 4) is 0 Å². The van der Waals surface area contributed by atoms with Crippen LogP contribution in [-0.2, 0) is 19.5 Å². The SMILES string of the molecule is COC(C)(C)CCOC(=O)c1ccc(F)c(S(N)(=O)=O)c1. The summed E-state index contributed by atoms with van der Waals surface area (Å²) in [6, 6.07) is 2.84. The van der Waals surface area contributed by atoms with Crippen molar-refractivity contribution in [3.05, 3.63) is 29.6 Å². The van der Waals surface area contributed by atoms with Crippen LogP contribution in [0.5, 0.6) is 0 Å². The molecule has 0 radical (unpaired) electrons. The summed E-state index contributed by atoms with van der Waals surface area (Å²) < 4.78 is 45.9. The van der Waals surface area contributed by atoms with E-state index in [2.05, 4.69) is 0 Å². The zero-order valence-electron chi connectivity index (χ0n) is 12.1. The van der Waals surface area contributed by atoms with Crippen LogP contribution in [0.4, 0.5) is 4.39 Å². The van der Waals surface area contributed by atoms with Crippen molar-refractivity contribution in [2.75, 3.05) is 13.7 Å². The average molecular weight is 319 g/mol. The molecule has 118 valence electrons. The number of sulfonamides is 1. The molecule has 2 N–H and O–H groups in total. The molecule has 0 unspecified atom stereocenters. The fraction of sp³-hybridized carbons (Fsp3) is 0.462. The topological polar surface area (TPSA) is 95.7 Å². The molecule has 6 nitrogen and oxygen atoms in total. The van der Waals surface area contributed by atoms with E-state index in [9.17, 15) is 17.6 Å². The summed E-state index contributed by atoms with van der Waals surface area (Å²) in [6.07, 6.45) is 0.457. The van der Waals surface area contributed by atoms with Crippen LogP contribution in [0, 0.1) is 5.82 Å². The Balaban J connectivity index is 2.81. The van der Waals surface area contributed by atoms with Crippen LogP contribution in [0.1, 0.15) is 30.6 Å². The number of ether oxygens (including phenoxy) is 2. The maximum absolute atomic E-state index is 13.4. The first-order valence-electron chi connectivity index (χ1n) is 6.11. The molecular weight excluding hydrogens is 301 g/mol. The molecule has 0 saturated carbocycles. The first-order chi connectivity index (χ1) is 9.57. The number of nitrogens with two attached hydrogens (primary N) is 1. The second-order valence-corrected chi connectivity index (χ2v) is 6.57. The number of halogens is 1. The van der Waals surface area contributed by atoms with E-state index in [1.807, 2.05) is 13.8 Å². The summed E-state index contributed by atoms with van der Waals surface area (Å²) in [5.41, 5.74) is -0.537. The lowest BCUT2D eigenvalue weighted by Crippen LogP contribution is -2.25. The smallest absolute Gasteiger partial charge is 0.338 e. The molecule has 0 aliphatic carbocycles. The number of methoxy groups -OCH3 is 1. The van der Waals surface area contributed by atoms with Gasteiger partial charge in [0.2, 0.25) is 10.0 Å². The molecule has 0 fully saturated rings. The third-order valence-corrected chi connectivity index (χ3v) is 3.89. The van der Waals surface area contributed by atoms with Crippen molar-refractivity contribution < 1.29 is 27.1 Å². The van der Waals surface area contributed by atoms with Crippen molar-refractivity contribution in [1.82, 2.24) is 0 Å². The molecule has 1 aromatic rings. The maximum Gasteiger partial charge on any atom is 0.338 e. The zero-order chi connectivity index (χ0) is 16.3. The average Bonchev–Trinajstić information content (AvgIpc) is 2.37. The van der Waals surface area contributed by atoms with Crippen LogP contribution in [0.15, 0.2) is 23.1 Å². The summed E-state index contributed by atoms with van der Waals surface area (Å²) >= 11 is 0. The summed E-state index contributed by atoms with van der Waals surface area (Å²) in [7, 11) is -2.70. The molecule has 0 heterocycles. The summed E-state index contributed by atoms with van der Waals surface area (Å²) in [6.45, 7) is 3.75. The Morgan fingerprint density at radius 1 is 1.38 bits per heavy atom. The molecule has 1 aromatic carbocycles. The first-order valence-corrected chi connectivity index (χ1v) is 7.66. The molecule has 0 saturated heterocycles. The molecule has 21 heavy (non-hydrogen) atoms. The third kappa shape index (κ3) is 5.07. The number of esters is 1. The lowest BCUT2D eigenvalue weighted by atomic mass is 10.1. The quantitative estimate of drug-likeness (QED) is 0.801. The van der Waals surface area contributed by atoms with E-state index in [-0.39, 0.29) is 12.2 Å². The van der Waals surface area contributed by atoms with Gasteiger partial charge < -0.3 is 9.47 Å². The molecule has 0 spiro atoms. The van der Waals surface area contributed by atoms with Crippen LogP contribution in [0.3, 0.4) is 0 Å². The molecule has 0 atom stereocenters. The van der Waals surface area contributed by atoms with Crippen LogP contribution >= 0.6 is 0 Å². The number of carbonyl (C=O) groups excluding carboxylic acids is 1. The molecular formula is C13H18FNO5S. The van der Waals surface area contributed by atoms with E-state index in [1.54, 1.807) is 7.11 Å². The Morgan fingerprint density at radius 2 is 2.00 bits per heavy atom. The minimum atomic E-state index is -4.24. The number of rotatable bonds is 6. The minimum Gasteiger partial charge on any atom is -0.462 e. The van der Waals surface area contributed by atoms with Gasteiger partial charge in [0.25, 0.3) is 0 Å². The second kappa shape index (κ2) is 6.50. The monoisotopic (exact) mass is 319 g/mol. The van der Waals surface area contributed by atoms with E-state index in [0.717, 1.165) is 18.2 Å². The van der Waals surface area contributed by atoms with Crippen molar-refractivity contribution >= 4 is 16.0 Å². The molecule has 1 rings (SSSR count). The Kier molecular flexibility index (Phi) is 5.43. The van der Waals surface area contributed by atoms with E-state index in [0.29, 0.717) is 6.42 Å². The fourth-order valence-corrected chi connectivity index (χ4v) is 2.05. The second-order valence-electron chi connectivity index (χ2n) is 5.04. The predicted octanol–water partition coefficient (Wildman–Crippen LogP) is 1.45. The van der Waals surface area contributed by atoms with Crippen molar-refractivity contribution in [3.63, 3.8) is 0 Å². The summed E-state index contributed by atoms with van der Waals surface area (Å²) in [5.74, 6) is -1.78. The zero-order valence-corrected chi connectivity index (χ0v) is 12.9. The van der Waals surface area contributed by atoms with Gasteiger partial charge in [0.05, 0.1) is 17.8 Å². The van der Waals surface area contributed by atoms with Crippen LogP contribution in [-0.4, -0.2) is 33.7 Å². The van der Waals surface area contributed by atoms with Gasteiger partial charge in [0.1, 0.15) is 10.7 Å². The van der Waals surface area contributed by atoms with Gasteiger partial charge in [-0.2, -0.15) is 0 Å². The molecule has 0 aromatic heterocycles. The highest BCUT2D eigenvalue weighted by Gasteiger charge is 2.20. The van der Waals surface area contributed by atoms with Gasteiger partial charge in [-0.3, -0.25) is 0 Å². The summed E-state index contributed by atoms with van der Waals surface area (Å²) in [5, 5.41) is 4.87. The molecule has 0 bridgehead atoms. The van der Waals surface area contributed by atoms with E-state index in [4.69, 9.17) is 14.6 Å². The summed E-state index contributed by atoms with van der Waals surface area (Å²) in [4.78, 5) is 11.0. The Labute approximate surface area is 123 Å². The highest BCUT2D eigenvalue weighted by Crippen LogP contribution is 2.17. The Morgan fingerprint density at radius 3 is 2.52 bits per heavy atom. The fourth-order valence-electron chi connectivity index (χ4n) is 1.42. The minimum absolute atomic E-state index is 0.0851. The van der Waals surface area contributed by atoms with Gasteiger partial charge in [-0.1, -0.05) is 0 Å². The Bertz CT molecular complexity index is 627. The lowest BCUT2D eigenvalue weighted by molar-refractivity contribution is -0.00564. The highest BCUT2D eigenvalue weighted by atomic mass is 32.2. The number of carbonyl (C=O) groups is 1. The van der Waals surface area contributed by atoms with Gasteiger partial charge in [-0.25, -0.2) is 22.7 Å². The van der Waals surface area contributed by atoms with E-state index in [1.165, 1.54) is 0 Å². The largest absolute Gasteiger partial charge is 0.462 e. The number of benzene rings is 1. The highest BCUT2D eigenvalue weighted by molar-refractivity contribution is 7.89. The molecule has 8 heteroatoms. The molecule has 0 aliphatic heterocycles. The van der Waals surface area contributed by atoms with Crippen LogP contribution in [0.25, 0.3) is 0 Å². The van der Waals surface area contributed by atoms with Crippen molar-refractivity contribution in [2.45, 2.75) is 30.8 Å². The number of primary sulfonamides is 1.